The van der Waals surface area contributed by atoms with Gasteiger partial charge in [-0.05, 0) is 31.9 Å². The van der Waals surface area contributed by atoms with Crippen molar-refractivity contribution in [3.8, 4) is 5.75 Å². The van der Waals surface area contributed by atoms with Crippen molar-refractivity contribution in [3.05, 3.63) is 113 Å². The van der Waals surface area contributed by atoms with Crippen LogP contribution >= 0.6 is 0 Å². The lowest BCUT2D eigenvalue weighted by atomic mass is 9.94. The van der Waals surface area contributed by atoms with E-state index >= 15 is 4.39 Å². The molecule has 1 N–H and O–H groups in total. The molecule has 1 aromatic rings. The number of aromatic hydroxyl groups is 1. The molecule has 2 bridgehead atoms. The van der Waals surface area contributed by atoms with Crippen molar-refractivity contribution in [1.82, 2.24) is 9.58 Å². The zero-order valence-electron chi connectivity index (χ0n) is 22.0. The van der Waals surface area contributed by atoms with Crippen LogP contribution in [-0.2, 0) is 4.74 Å². The molecule has 0 saturated carbocycles. The number of aromatic nitrogens is 1. The fourth-order valence-corrected chi connectivity index (χ4v) is 4.10. The highest BCUT2D eigenvalue weighted by Crippen LogP contribution is 2.32. The van der Waals surface area contributed by atoms with E-state index in [4.69, 9.17) is 4.74 Å². The summed E-state index contributed by atoms with van der Waals surface area (Å²) < 4.78 is 22.4. The first-order valence-corrected chi connectivity index (χ1v) is 12.3. The van der Waals surface area contributed by atoms with Crippen molar-refractivity contribution in [1.29, 1.82) is 0 Å². The SMILES string of the molecule is C=C/C(F)=C1/OC/C=C/CCN2CN(C(/C(C=C)=C/C=C\C)/C1=C/C)n1ccc(=O)c(O)c1C2=O.CC. The van der Waals surface area contributed by atoms with Gasteiger partial charge in [-0.3, -0.25) is 19.3 Å². The summed E-state index contributed by atoms with van der Waals surface area (Å²) in [6.07, 6.45) is 15.5. The van der Waals surface area contributed by atoms with Crippen molar-refractivity contribution < 1.29 is 19.0 Å². The largest absolute Gasteiger partial charge is 0.502 e. The van der Waals surface area contributed by atoms with E-state index in [1.54, 1.807) is 35.1 Å². The van der Waals surface area contributed by atoms with Gasteiger partial charge in [-0.2, -0.15) is 0 Å². The van der Waals surface area contributed by atoms with Crippen LogP contribution in [-0.4, -0.2) is 46.5 Å². The molecule has 3 heterocycles. The minimum atomic E-state index is -0.700. The summed E-state index contributed by atoms with van der Waals surface area (Å²) in [5.41, 5.74) is 0.325. The second-order valence-electron chi connectivity index (χ2n) is 7.87. The Hall–Kier alpha value is -4.07. The number of hydrogen-bond acceptors (Lipinski definition) is 5. The predicted octanol–water partition coefficient (Wildman–Crippen LogP) is 5.28. The first-order chi connectivity index (χ1) is 17.9. The molecule has 8 heteroatoms. The Bertz CT molecular complexity index is 1220. The van der Waals surface area contributed by atoms with Gasteiger partial charge in [-0.25, -0.2) is 4.39 Å². The van der Waals surface area contributed by atoms with Gasteiger partial charge in [-0.15, -0.1) is 0 Å². The van der Waals surface area contributed by atoms with E-state index in [1.165, 1.54) is 16.9 Å². The van der Waals surface area contributed by atoms with Gasteiger partial charge in [0, 0.05) is 24.4 Å². The van der Waals surface area contributed by atoms with Crippen LogP contribution in [0.25, 0.3) is 0 Å². The Kier molecular flexibility index (Phi) is 10.9. The minimum absolute atomic E-state index is 0.00113. The average molecular weight is 510 g/mol. The van der Waals surface area contributed by atoms with Gasteiger partial charge in [0.05, 0.1) is 0 Å². The molecule has 7 nitrogen and oxygen atoms in total. The highest BCUT2D eigenvalue weighted by molar-refractivity contribution is 5.96. The lowest BCUT2D eigenvalue weighted by molar-refractivity contribution is 0.0685. The fourth-order valence-electron chi connectivity index (χ4n) is 4.10. The van der Waals surface area contributed by atoms with Crippen LogP contribution in [0.1, 0.15) is 44.6 Å². The van der Waals surface area contributed by atoms with Crippen molar-refractivity contribution in [2.45, 2.75) is 40.2 Å². The van der Waals surface area contributed by atoms with Gasteiger partial charge < -0.3 is 14.7 Å². The van der Waals surface area contributed by atoms with Gasteiger partial charge in [0.15, 0.2) is 23.0 Å². The lowest BCUT2D eigenvalue weighted by Crippen LogP contribution is -2.59. The number of ether oxygens (including phenoxy) is 1. The summed E-state index contributed by atoms with van der Waals surface area (Å²) in [5.74, 6) is -1.75. The molecule has 0 aliphatic carbocycles. The zero-order valence-corrected chi connectivity index (χ0v) is 22.0. The second kappa shape index (κ2) is 13.9. The standard InChI is InChI=1S/C27H30FN3O4.C2H6/c1-5-9-13-19(6-2)23-20(7-3)26(21(28)8-4)35-17-12-10-11-15-29-18-31(23)30-16-14-22(32)25(33)24(30)27(29)34;1-2/h5-10,12-14,16,23,33H,2,4,11,15,17-18H2,1,3H3;1-2H3/b9-5-,12-10+,19-13+,20-7-,26-21-;. The summed E-state index contributed by atoms with van der Waals surface area (Å²) in [5, 5.41) is 12.4. The zero-order chi connectivity index (χ0) is 27.5. The van der Waals surface area contributed by atoms with Gasteiger partial charge in [0.1, 0.15) is 19.3 Å². The third-order valence-electron chi connectivity index (χ3n) is 5.79. The molecule has 2 aliphatic rings. The number of carbonyl (C=O) groups excluding carboxylic acids is 1. The number of amides is 1. The Morgan fingerprint density at radius 2 is 1.92 bits per heavy atom. The molecule has 1 unspecified atom stereocenters. The van der Waals surface area contributed by atoms with E-state index in [1.807, 2.05) is 45.1 Å². The Labute approximate surface area is 218 Å². The Balaban J connectivity index is 0.00000235. The predicted molar refractivity (Wildman–Crippen MR) is 147 cm³/mol. The normalized spacial score (nSPS) is 21.6. The summed E-state index contributed by atoms with van der Waals surface area (Å²) >= 11 is 0. The molecule has 0 spiro atoms. The van der Waals surface area contributed by atoms with E-state index in [0.29, 0.717) is 24.1 Å². The van der Waals surface area contributed by atoms with Crippen molar-refractivity contribution in [3.63, 3.8) is 0 Å². The van der Waals surface area contributed by atoms with E-state index in [9.17, 15) is 14.7 Å². The molecule has 1 aromatic heterocycles. The van der Waals surface area contributed by atoms with Crippen molar-refractivity contribution >= 4 is 5.91 Å². The van der Waals surface area contributed by atoms with Crippen molar-refractivity contribution in [2.75, 3.05) is 24.8 Å². The summed E-state index contributed by atoms with van der Waals surface area (Å²) in [6.45, 7) is 15.7. The van der Waals surface area contributed by atoms with Crippen LogP contribution in [0.3, 0.4) is 0 Å². The number of nitrogens with zero attached hydrogens (tertiary/aromatic N) is 3. The number of pyridine rings is 1. The Morgan fingerprint density at radius 1 is 1.19 bits per heavy atom. The third-order valence-corrected chi connectivity index (χ3v) is 5.79. The first kappa shape index (κ1) is 29.2. The maximum Gasteiger partial charge on any atom is 0.277 e. The lowest BCUT2D eigenvalue weighted by Gasteiger charge is -2.45. The smallest absolute Gasteiger partial charge is 0.277 e. The van der Waals surface area contributed by atoms with E-state index in [0.717, 1.165) is 6.08 Å². The number of carbonyl (C=O) groups is 1. The molecule has 1 atom stereocenters. The van der Waals surface area contributed by atoms with Gasteiger partial charge in [0.2, 0.25) is 5.43 Å². The number of rotatable bonds is 4. The van der Waals surface area contributed by atoms with Crippen LogP contribution in [0.2, 0.25) is 0 Å². The highest BCUT2D eigenvalue weighted by atomic mass is 19.1. The molecular weight excluding hydrogens is 473 g/mol. The summed E-state index contributed by atoms with van der Waals surface area (Å²) in [7, 11) is 0. The van der Waals surface area contributed by atoms with Gasteiger partial charge in [-0.1, -0.05) is 69.5 Å². The number of allylic oxidation sites excluding steroid dienone is 6. The average Bonchev–Trinajstić information content (AvgIpc) is 2.91. The minimum Gasteiger partial charge on any atom is -0.502 e. The summed E-state index contributed by atoms with van der Waals surface area (Å²) in [4.78, 5) is 27.1. The quantitative estimate of drug-likeness (QED) is 0.442. The highest BCUT2D eigenvalue weighted by Gasteiger charge is 2.38. The maximum atomic E-state index is 15.1. The second-order valence-corrected chi connectivity index (χ2v) is 7.87. The molecule has 198 valence electrons. The third kappa shape index (κ3) is 6.20. The van der Waals surface area contributed by atoms with Crippen molar-refractivity contribution in [2.24, 2.45) is 0 Å². The number of hydrogen-bond donors (Lipinski definition) is 1. The summed E-state index contributed by atoms with van der Waals surface area (Å²) in [6, 6.07) is 0.488. The Morgan fingerprint density at radius 3 is 2.54 bits per heavy atom. The van der Waals surface area contributed by atoms with E-state index in [2.05, 4.69) is 13.2 Å². The number of fused-ring (bicyclic) bond motifs is 4. The fraction of sp³-hybridized carbons (Fsp3) is 0.310. The molecule has 1 amide bonds. The monoisotopic (exact) mass is 509 g/mol. The molecule has 2 aliphatic heterocycles. The molecule has 0 fully saturated rings. The van der Waals surface area contributed by atoms with Crippen LogP contribution < -0.4 is 10.4 Å². The topological polar surface area (TPSA) is 75.0 Å². The first-order valence-electron chi connectivity index (χ1n) is 12.3. The van der Waals surface area contributed by atoms with Crippen LogP contribution in [0.15, 0.2) is 102 Å². The molecule has 0 radical (unpaired) electrons. The maximum absolute atomic E-state index is 15.1. The van der Waals surface area contributed by atoms with Gasteiger partial charge in [0.25, 0.3) is 5.91 Å². The van der Waals surface area contributed by atoms with E-state index in [-0.39, 0.29) is 24.7 Å². The van der Waals surface area contributed by atoms with Gasteiger partial charge >= 0.3 is 0 Å². The molecule has 0 saturated heterocycles. The van der Waals surface area contributed by atoms with Crippen LogP contribution in [0.5, 0.6) is 5.75 Å². The molecule has 3 rings (SSSR count). The van der Waals surface area contributed by atoms with Crippen LogP contribution in [0.4, 0.5) is 4.39 Å². The molecule has 0 aromatic carbocycles. The number of halogens is 1. The molecule has 37 heavy (non-hydrogen) atoms. The van der Waals surface area contributed by atoms with E-state index < -0.39 is 29.0 Å². The molecular formula is C29H36FN3O4. The van der Waals surface area contributed by atoms with Crippen LogP contribution in [0, 0.1) is 0 Å².